The van der Waals surface area contributed by atoms with Crippen molar-refractivity contribution in [3.8, 4) is 17.5 Å². The van der Waals surface area contributed by atoms with Crippen LogP contribution in [0.5, 0.6) is 0 Å². The minimum atomic E-state index is -0.450. The molecule has 1 heterocycles. The van der Waals surface area contributed by atoms with Crippen LogP contribution in [0, 0.1) is 11.3 Å². The molecule has 1 atom stereocenters. The van der Waals surface area contributed by atoms with Crippen LogP contribution in [0.15, 0.2) is 84.0 Å². The summed E-state index contributed by atoms with van der Waals surface area (Å²) in [5, 5.41) is 21.5. The van der Waals surface area contributed by atoms with Crippen molar-refractivity contribution >= 4 is 35.0 Å². The Bertz CT molecular complexity index is 1320. The fraction of sp³-hybridized carbons (Fsp3) is 0.120. The predicted molar refractivity (Wildman–Crippen MR) is 131 cm³/mol. The van der Waals surface area contributed by atoms with Gasteiger partial charge in [-0.1, -0.05) is 71.9 Å². The molecule has 0 aliphatic heterocycles. The third-order valence-corrected chi connectivity index (χ3v) is 6.34. The number of hydrogen-bond donors (Lipinski definition) is 1. The van der Waals surface area contributed by atoms with Gasteiger partial charge in [0.15, 0.2) is 11.0 Å². The van der Waals surface area contributed by atoms with Crippen LogP contribution in [0.1, 0.15) is 18.1 Å². The third kappa shape index (κ3) is 5.43. The van der Waals surface area contributed by atoms with E-state index in [0.717, 1.165) is 11.1 Å². The van der Waals surface area contributed by atoms with Gasteiger partial charge < -0.3 is 5.32 Å². The van der Waals surface area contributed by atoms with Crippen LogP contribution in [0.25, 0.3) is 11.4 Å². The van der Waals surface area contributed by atoms with Crippen molar-refractivity contribution in [1.29, 1.82) is 5.26 Å². The maximum Gasteiger partial charge on any atom is 0.237 e. The number of hydrogen-bond acceptors (Lipinski definition) is 5. The lowest BCUT2D eigenvalue weighted by atomic mass is 10.2. The van der Waals surface area contributed by atoms with Gasteiger partial charge in [0.25, 0.3) is 0 Å². The molecule has 1 aromatic heterocycles. The first-order valence-electron chi connectivity index (χ1n) is 10.2. The van der Waals surface area contributed by atoms with E-state index in [1.807, 2.05) is 66.1 Å². The van der Waals surface area contributed by atoms with Crippen molar-refractivity contribution in [3.05, 3.63) is 95.0 Å². The number of thioether (sulfide) groups is 1. The molecule has 0 saturated carbocycles. The van der Waals surface area contributed by atoms with E-state index < -0.39 is 5.25 Å². The second kappa shape index (κ2) is 10.3. The molecule has 33 heavy (non-hydrogen) atoms. The lowest BCUT2D eigenvalue weighted by molar-refractivity contribution is -0.115. The van der Waals surface area contributed by atoms with Gasteiger partial charge in [-0.3, -0.25) is 9.36 Å². The molecule has 0 aliphatic carbocycles. The van der Waals surface area contributed by atoms with Crippen LogP contribution in [-0.2, 0) is 11.3 Å². The molecule has 0 bridgehead atoms. The summed E-state index contributed by atoms with van der Waals surface area (Å²) in [5.74, 6) is 0.449. The third-order valence-electron chi connectivity index (χ3n) is 4.93. The summed E-state index contributed by atoms with van der Waals surface area (Å²) >= 11 is 7.76. The van der Waals surface area contributed by atoms with Crippen molar-refractivity contribution in [3.63, 3.8) is 0 Å². The number of halogens is 1. The Morgan fingerprint density at radius 2 is 1.85 bits per heavy atom. The molecule has 3 aromatic carbocycles. The molecular formula is C25H20ClN5OS. The largest absolute Gasteiger partial charge is 0.325 e. The molecule has 0 aliphatic rings. The first-order valence-corrected chi connectivity index (χ1v) is 11.5. The van der Waals surface area contributed by atoms with Gasteiger partial charge in [0.1, 0.15) is 0 Å². The molecule has 164 valence electrons. The SMILES string of the molecule is CC(Sc1nnc(-c2ccccc2Cl)n1Cc1ccccc1)C(=O)Nc1cccc(C#N)c1. The Labute approximate surface area is 201 Å². The molecule has 0 radical (unpaired) electrons. The lowest BCUT2D eigenvalue weighted by Crippen LogP contribution is -2.23. The second-order valence-corrected chi connectivity index (χ2v) is 9.01. The number of nitrogens with one attached hydrogen (secondary N) is 1. The molecular weight excluding hydrogens is 454 g/mol. The molecule has 8 heteroatoms. The Balaban J connectivity index is 1.60. The van der Waals surface area contributed by atoms with Crippen LogP contribution in [0.2, 0.25) is 5.02 Å². The van der Waals surface area contributed by atoms with E-state index in [4.69, 9.17) is 16.9 Å². The van der Waals surface area contributed by atoms with Crippen molar-refractivity contribution in [2.45, 2.75) is 23.9 Å². The van der Waals surface area contributed by atoms with E-state index >= 15 is 0 Å². The average Bonchev–Trinajstić information content (AvgIpc) is 3.21. The smallest absolute Gasteiger partial charge is 0.237 e. The van der Waals surface area contributed by atoms with Gasteiger partial charge in [0.05, 0.1) is 28.5 Å². The zero-order valence-corrected chi connectivity index (χ0v) is 19.3. The van der Waals surface area contributed by atoms with Crippen molar-refractivity contribution in [1.82, 2.24) is 14.8 Å². The number of rotatable bonds is 7. The molecule has 1 unspecified atom stereocenters. The van der Waals surface area contributed by atoms with Crippen LogP contribution >= 0.6 is 23.4 Å². The monoisotopic (exact) mass is 473 g/mol. The number of amides is 1. The maximum absolute atomic E-state index is 12.8. The molecule has 1 amide bonds. The van der Waals surface area contributed by atoms with Gasteiger partial charge in [0.2, 0.25) is 5.91 Å². The first kappa shape index (κ1) is 22.6. The number of carbonyl (C=O) groups is 1. The van der Waals surface area contributed by atoms with E-state index in [2.05, 4.69) is 21.6 Å². The van der Waals surface area contributed by atoms with Gasteiger partial charge in [-0.25, -0.2) is 0 Å². The summed E-state index contributed by atoms with van der Waals surface area (Å²) in [7, 11) is 0. The number of nitrogens with zero attached hydrogens (tertiary/aromatic N) is 4. The van der Waals surface area contributed by atoms with Crippen molar-refractivity contribution in [2.24, 2.45) is 0 Å². The van der Waals surface area contributed by atoms with Crippen LogP contribution in [0.3, 0.4) is 0 Å². The number of anilines is 1. The highest BCUT2D eigenvalue weighted by Crippen LogP contribution is 2.31. The highest BCUT2D eigenvalue weighted by Gasteiger charge is 2.22. The summed E-state index contributed by atoms with van der Waals surface area (Å²) in [5.41, 5.74) is 2.92. The van der Waals surface area contributed by atoms with Crippen LogP contribution < -0.4 is 5.32 Å². The van der Waals surface area contributed by atoms with E-state index in [1.54, 1.807) is 24.3 Å². The highest BCUT2D eigenvalue weighted by atomic mass is 35.5. The number of aromatic nitrogens is 3. The fourth-order valence-electron chi connectivity index (χ4n) is 3.25. The Morgan fingerprint density at radius 1 is 1.09 bits per heavy atom. The van der Waals surface area contributed by atoms with Gasteiger partial charge >= 0.3 is 0 Å². The Kier molecular flexibility index (Phi) is 7.08. The van der Waals surface area contributed by atoms with E-state index in [0.29, 0.717) is 33.8 Å². The van der Waals surface area contributed by atoms with Gasteiger partial charge in [-0.2, -0.15) is 5.26 Å². The molecule has 0 fully saturated rings. The van der Waals surface area contributed by atoms with Crippen LogP contribution in [-0.4, -0.2) is 25.9 Å². The zero-order chi connectivity index (χ0) is 23.2. The van der Waals surface area contributed by atoms with Gasteiger partial charge in [0, 0.05) is 11.3 Å². The topological polar surface area (TPSA) is 83.6 Å². The summed E-state index contributed by atoms with van der Waals surface area (Å²) in [6.07, 6.45) is 0. The predicted octanol–water partition coefficient (Wildman–Crippen LogP) is 5.64. The quantitative estimate of drug-likeness (QED) is 0.351. The summed E-state index contributed by atoms with van der Waals surface area (Å²) in [6, 6.07) is 26.4. The fourth-order valence-corrected chi connectivity index (χ4v) is 4.32. The summed E-state index contributed by atoms with van der Waals surface area (Å²) in [4.78, 5) is 12.8. The van der Waals surface area contributed by atoms with Gasteiger partial charge in [-0.15, -0.1) is 10.2 Å². The van der Waals surface area contributed by atoms with Gasteiger partial charge in [-0.05, 0) is 42.8 Å². The number of carbonyl (C=O) groups excluding carboxylic acids is 1. The van der Waals surface area contributed by atoms with E-state index in [-0.39, 0.29) is 5.91 Å². The van der Waals surface area contributed by atoms with Crippen molar-refractivity contribution < 1.29 is 4.79 Å². The van der Waals surface area contributed by atoms with Crippen LogP contribution in [0.4, 0.5) is 5.69 Å². The van der Waals surface area contributed by atoms with E-state index in [1.165, 1.54) is 11.8 Å². The Morgan fingerprint density at radius 3 is 2.61 bits per heavy atom. The number of benzene rings is 3. The summed E-state index contributed by atoms with van der Waals surface area (Å²) in [6.45, 7) is 2.35. The number of nitriles is 1. The molecule has 4 aromatic rings. The van der Waals surface area contributed by atoms with E-state index in [9.17, 15) is 4.79 Å². The minimum Gasteiger partial charge on any atom is -0.325 e. The zero-order valence-electron chi connectivity index (χ0n) is 17.8. The standard InChI is InChI=1S/C25H20ClN5OS/c1-17(24(32)28-20-11-7-10-19(14-20)15-27)33-25-30-29-23(21-12-5-6-13-22(21)26)31(25)16-18-8-3-2-4-9-18/h2-14,17H,16H2,1H3,(H,28,32). The van der Waals surface area contributed by atoms with Crippen molar-refractivity contribution in [2.75, 3.05) is 5.32 Å². The molecule has 0 saturated heterocycles. The minimum absolute atomic E-state index is 0.191. The molecule has 0 spiro atoms. The molecule has 1 N–H and O–H groups in total. The Hall–Kier alpha value is -3.60. The first-order chi connectivity index (χ1) is 16.0. The normalized spacial score (nSPS) is 11.5. The highest BCUT2D eigenvalue weighted by molar-refractivity contribution is 8.00. The summed E-state index contributed by atoms with van der Waals surface area (Å²) < 4.78 is 1.97. The molecule has 6 nitrogen and oxygen atoms in total. The second-order valence-electron chi connectivity index (χ2n) is 7.30. The lowest BCUT2D eigenvalue weighted by Gasteiger charge is -2.14. The average molecular weight is 474 g/mol. The maximum atomic E-state index is 12.8. The molecule has 4 rings (SSSR count).